The third kappa shape index (κ3) is 5.21. The van der Waals surface area contributed by atoms with Crippen LogP contribution in [0.4, 0.5) is 11.4 Å². The van der Waals surface area contributed by atoms with Crippen molar-refractivity contribution in [2.24, 2.45) is 0 Å². The highest BCUT2D eigenvalue weighted by Crippen LogP contribution is 2.51. The molecule has 1 aromatic carbocycles. The van der Waals surface area contributed by atoms with Crippen molar-refractivity contribution in [3.05, 3.63) is 42.7 Å². The number of hydrogen-bond acceptors (Lipinski definition) is 7. The first-order valence-electron chi connectivity index (χ1n) is 8.54. The summed E-state index contributed by atoms with van der Waals surface area (Å²) in [5.74, 6) is 0.390. The quantitative estimate of drug-likeness (QED) is 0.606. The normalized spacial score (nSPS) is 11.3. The minimum absolute atomic E-state index is 0.0106. The van der Waals surface area contributed by atoms with E-state index >= 15 is 0 Å². The van der Waals surface area contributed by atoms with E-state index in [0.29, 0.717) is 18.0 Å². The minimum atomic E-state index is -3.35. The zero-order chi connectivity index (χ0) is 19.0. The minimum Gasteiger partial charge on any atom is -0.504 e. The van der Waals surface area contributed by atoms with Crippen molar-refractivity contribution in [1.29, 1.82) is 0 Å². The van der Waals surface area contributed by atoms with Crippen LogP contribution in [0, 0.1) is 0 Å². The van der Waals surface area contributed by atoms with Crippen LogP contribution in [0.3, 0.4) is 0 Å². The van der Waals surface area contributed by atoms with Crippen LogP contribution in [0.1, 0.15) is 20.8 Å². The summed E-state index contributed by atoms with van der Waals surface area (Å²) in [5, 5.41) is 9.96. The average molecular weight is 380 g/mol. The molecule has 0 bridgehead atoms. The maximum absolute atomic E-state index is 13.1. The second-order valence-electron chi connectivity index (χ2n) is 5.31. The number of anilines is 2. The van der Waals surface area contributed by atoms with Crippen LogP contribution < -0.4 is 9.64 Å². The molecule has 0 fully saturated rings. The SMILES string of the molecule is CCOc1cc(N(CP(=O)(OCC)OCC)c2cccnc2)ccc1O. The molecule has 2 rings (SSSR count). The molecule has 8 heteroatoms. The summed E-state index contributed by atoms with van der Waals surface area (Å²) in [6.07, 6.45) is 3.33. The molecule has 7 nitrogen and oxygen atoms in total. The summed E-state index contributed by atoms with van der Waals surface area (Å²) >= 11 is 0. The van der Waals surface area contributed by atoms with Crippen molar-refractivity contribution in [2.75, 3.05) is 31.0 Å². The molecule has 142 valence electrons. The topological polar surface area (TPSA) is 81.1 Å². The van der Waals surface area contributed by atoms with Crippen molar-refractivity contribution in [3.8, 4) is 11.5 Å². The van der Waals surface area contributed by atoms with Crippen LogP contribution >= 0.6 is 7.60 Å². The smallest absolute Gasteiger partial charge is 0.350 e. The fourth-order valence-electron chi connectivity index (χ4n) is 2.45. The fourth-order valence-corrected chi connectivity index (χ4v) is 4.15. The highest BCUT2D eigenvalue weighted by molar-refractivity contribution is 7.54. The Balaban J connectivity index is 2.45. The molecule has 0 aliphatic heterocycles. The average Bonchev–Trinajstić information content (AvgIpc) is 2.63. The number of benzene rings is 1. The molecule has 1 N–H and O–H groups in total. The second kappa shape index (κ2) is 9.57. The van der Waals surface area contributed by atoms with Gasteiger partial charge in [-0.3, -0.25) is 9.55 Å². The van der Waals surface area contributed by atoms with E-state index in [-0.39, 0.29) is 25.2 Å². The number of phenols is 1. The van der Waals surface area contributed by atoms with Crippen molar-refractivity contribution in [2.45, 2.75) is 20.8 Å². The summed E-state index contributed by atoms with van der Waals surface area (Å²) in [4.78, 5) is 5.91. The first-order valence-corrected chi connectivity index (χ1v) is 10.3. The molecule has 1 heterocycles. The van der Waals surface area contributed by atoms with Gasteiger partial charge in [0, 0.05) is 18.0 Å². The van der Waals surface area contributed by atoms with E-state index in [9.17, 15) is 9.67 Å². The van der Waals surface area contributed by atoms with Gasteiger partial charge in [-0.25, -0.2) is 0 Å². The Morgan fingerprint density at radius 2 is 1.81 bits per heavy atom. The van der Waals surface area contributed by atoms with Gasteiger partial charge >= 0.3 is 7.60 Å². The molecule has 0 saturated carbocycles. The number of aromatic hydroxyl groups is 1. The van der Waals surface area contributed by atoms with E-state index in [4.69, 9.17) is 13.8 Å². The van der Waals surface area contributed by atoms with Gasteiger partial charge in [-0.2, -0.15) is 0 Å². The van der Waals surface area contributed by atoms with E-state index < -0.39 is 7.60 Å². The standard InChI is InChI=1S/C18H25N2O5P/c1-4-23-18-12-15(9-10-17(18)21)20(16-8-7-11-19-13-16)14-26(22,24-5-2)25-6-3/h7-13,21H,4-6,14H2,1-3H3. The number of ether oxygens (including phenoxy) is 1. The molecule has 0 amide bonds. The summed E-state index contributed by atoms with van der Waals surface area (Å²) in [6, 6.07) is 8.58. The monoisotopic (exact) mass is 380 g/mol. The van der Waals surface area contributed by atoms with E-state index in [1.807, 2.05) is 13.0 Å². The lowest BCUT2D eigenvalue weighted by molar-refractivity contribution is 0.220. The lowest BCUT2D eigenvalue weighted by atomic mass is 10.2. The van der Waals surface area contributed by atoms with Gasteiger partial charge in [0.15, 0.2) is 11.5 Å². The Bertz CT molecular complexity index is 732. The number of phenolic OH excluding ortho intramolecular Hbond substituents is 1. The highest BCUT2D eigenvalue weighted by atomic mass is 31.2. The summed E-state index contributed by atoms with van der Waals surface area (Å²) in [5.41, 5.74) is 1.40. The van der Waals surface area contributed by atoms with Crippen LogP contribution in [0.25, 0.3) is 0 Å². The van der Waals surface area contributed by atoms with Crippen molar-refractivity contribution in [1.82, 2.24) is 4.98 Å². The molecule has 26 heavy (non-hydrogen) atoms. The van der Waals surface area contributed by atoms with E-state index in [2.05, 4.69) is 4.98 Å². The van der Waals surface area contributed by atoms with Gasteiger partial charge in [-0.1, -0.05) is 0 Å². The maximum atomic E-state index is 13.1. The first-order chi connectivity index (χ1) is 12.5. The first kappa shape index (κ1) is 20.2. The maximum Gasteiger partial charge on any atom is 0.350 e. The van der Waals surface area contributed by atoms with Crippen LogP contribution in [0.5, 0.6) is 11.5 Å². The predicted octanol–water partition coefficient (Wildman–Crippen LogP) is 4.55. The summed E-state index contributed by atoms with van der Waals surface area (Å²) < 4.78 is 29.4. The van der Waals surface area contributed by atoms with Gasteiger partial charge in [-0.05, 0) is 45.0 Å². The number of pyridine rings is 1. The number of hydrogen-bond donors (Lipinski definition) is 1. The molecule has 0 atom stereocenters. The number of rotatable bonds is 10. The largest absolute Gasteiger partial charge is 0.504 e. The van der Waals surface area contributed by atoms with Crippen LogP contribution in [0.15, 0.2) is 42.7 Å². The molecule has 0 saturated heterocycles. The Hall–Kier alpha value is -2.08. The fraction of sp³-hybridized carbons (Fsp3) is 0.389. The molecular formula is C18H25N2O5P. The second-order valence-corrected chi connectivity index (χ2v) is 7.33. The third-order valence-corrected chi connectivity index (χ3v) is 5.41. The zero-order valence-electron chi connectivity index (χ0n) is 15.3. The van der Waals surface area contributed by atoms with E-state index in [1.54, 1.807) is 49.3 Å². The van der Waals surface area contributed by atoms with Gasteiger partial charge in [0.1, 0.15) is 6.29 Å². The molecule has 1 aromatic heterocycles. The zero-order valence-corrected chi connectivity index (χ0v) is 16.2. The molecule has 2 aromatic rings. The Kier molecular flexibility index (Phi) is 7.45. The van der Waals surface area contributed by atoms with Gasteiger partial charge in [0.05, 0.1) is 31.7 Å². The van der Waals surface area contributed by atoms with E-state index in [0.717, 1.165) is 5.69 Å². The Morgan fingerprint density at radius 3 is 2.38 bits per heavy atom. The highest BCUT2D eigenvalue weighted by Gasteiger charge is 2.29. The molecule has 0 aliphatic carbocycles. The van der Waals surface area contributed by atoms with Gasteiger partial charge in [0.2, 0.25) is 0 Å². The lowest BCUT2D eigenvalue weighted by Crippen LogP contribution is -2.21. The number of nitrogens with zero attached hydrogens (tertiary/aromatic N) is 2. The van der Waals surface area contributed by atoms with E-state index in [1.165, 1.54) is 6.07 Å². The lowest BCUT2D eigenvalue weighted by Gasteiger charge is -2.28. The van der Waals surface area contributed by atoms with Gasteiger partial charge in [0.25, 0.3) is 0 Å². The third-order valence-electron chi connectivity index (χ3n) is 3.48. The van der Waals surface area contributed by atoms with Gasteiger partial charge in [-0.15, -0.1) is 0 Å². The van der Waals surface area contributed by atoms with Gasteiger partial charge < -0.3 is 23.8 Å². The number of aromatic nitrogens is 1. The summed E-state index contributed by atoms with van der Waals surface area (Å²) in [7, 11) is -3.35. The van der Waals surface area contributed by atoms with Crippen molar-refractivity contribution >= 4 is 19.0 Å². The predicted molar refractivity (Wildman–Crippen MR) is 101 cm³/mol. The molecule has 0 aliphatic rings. The molecule has 0 spiro atoms. The van der Waals surface area contributed by atoms with Crippen LogP contribution in [-0.2, 0) is 13.6 Å². The molecule has 0 radical (unpaired) electrons. The Morgan fingerprint density at radius 1 is 1.08 bits per heavy atom. The van der Waals surface area contributed by atoms with Crippen molar-refractivity contribution < 1.29 is 23.5 Å². The van der Waals surface area contributed by atoms with Crippen LogP contribution in [0.2, 0.25) is 0 Å². The Labute approximate surface area is 154 Å². The van der Waals surface area contributed by atoms with Crippen molar-refractivity contribution in [3.63, 3.8) is 0 Å². The molecular weight excluding hydrogens is 355 g/mol. The summed E-state index contributed by atoms with van der Waals surface area (Å²) in [6.45, 7) is 6.35. The molecule has 0 unspecified atom stereocenters. The van der Waals surface area contributed by atoms with Crippen LogP contribution in [-0.4, -0.2) is 36.2 Å².